The molecule has 3 rings (SSSR count). The lowest BCUT2D eigenvalue weighted by Gasteiger charge is -2.10. The summed E-state index contributed by atoms with van der Waals surface area (Å²) in [5, 5.41) is 7.01. The van der Waals surface area contributed by atoms with Gasteiger partial charge in [0.05, 0.1) is 10.9 Å². The Morgan fingerprint density at radius 3 is 2.73 bits per heavy atom. The standard InChI is InChI=1S/C18H16FN3OS3/c1-11-4-3-5-14(10-11)20-16(23)12(2)25-17-21-22(18(24)26-17)15-8-6-13(19)7-9-15/h3-10,12H,1-2H3,(H,20,23)/t12-/m1/s1. The highest BCUT2D eigenvalue weighted by Gasteiger charge is 2.17. The number of hydrogen-bond donors (Lipinski definition) is 1. The van der Waals surface area contributed by atoms with E-state index in [1.807, 2.05) is 38.1 Å². The van der Waals surface area contributed by atoms with Crippen LogP contribution in [-0.2, 0) is 4.79 Å². The minimum atomic E-state index is -0.335. The largest absolute Gasteiger partial charge is 0.325 e. The van der Waals surface area contributed by atoms with Crippen molar-refractivity contribution >= 4 is 46.9 Å². The van der Waals surface area contributed by atoms with Crippen LogP contribution in [0.5, 0.6) is 0 Å². The van der Waals surface area contributed by atoms with Gasteiger partial charge in [-0.1, -0.05) is 35.2 Å². The van der Waals surface area contributed by atoms with Gasteiger partial charge in [-0.05, 0) is 68.0 Å². The van der Waals surface area contributed by atoms with Crippen LogP contribution in [-0.4, -0.2) is 20.9 Å². The number of amides is 1. The lowest BCUT2D eigenvalue weighted by molar-refractivity contribution is -0.115. The Balaban J connectivity index is 1.70. The Labute approximate surface area is 164 Å². The number of hydrogen-bond acceptors (Lipinski definition) is 5. The van der Waals surface area contributed by atoms with Gasteiger partial charge in [-0.15, -0.1) is 5.10 Å². The van der Waals surface area contributed by atoms with Gasteiger partial charge >= 0.3 is 0 Å². The summed E-state index contributed by atoms with van der Waals surface area (Å²) in [4.78, 5) is 12.4. The number of aryl methyl sites for hydroxylation is 1. The SMILES string of the molecule is Cc1cccc(NC(=O)[C@@H](C)Sc2nn(-c3ccc(F)cc3)c(=S)s2)c1. The fourth-order valence-electron chi connectivity index (χ4n) is 2.23. The number of halogens is 1. The van der Waals surface area contributed by atoms with Crippen LogP contribution >= 0.6 is 35.3 Å². The van der Waals surface area contributed by atoms with Crippen LogP contribution in [0.1, 0.15) is 12.5 Å². The second-order valence-electron chi connectivity index (χ2n) is 5.64. The molecule has 1 amide bonds. The first-order valence-electron chi connectivity index (χ1n) is 7.82. The smallest absolute Gasteiger partial charge is 0.237 e. The minimum absolute atomic E-state index is 0.102. The van der Waals surface area contributed by atoms with E-state index in [0.717, 1.165) is 11.3 Å². The third-order valence-electron chi connectivity index (χ3n) is 3.53. The van der Waals surface area contributed by atoms with E-state index in [4.69, 9.17) is 12.2 Å². The molecule has 0 saturated heterocycles. The van der Waals surface area contributed by atoms with E-state index in [1.165, 1.54) is 35.2 Å². The first kappa shape index (κ1) is 18.8. The van der Waals surface area contributed by atoms with Gasteiger partial charge in [0.25, 0.3) is 0 Å². The van der Waals surface area contributed by atoms with Crippen LogP contribution in [0.15, 0.2) is 52.9 Å². The number of nitrogens with one attached hydrogen (secondary N) is 1. The zero-order chi connectivity index (χ0) is 18.7. The van der Waals surface area contributed by atoms with Gasteiger partial charge in [0.1, 0.15) is 5.82 Å². The summed E-state index contributed by atoms with van der Waals surface area (Å²) >= 11 is 8.00. The summed E-state index contributed by atoms with van der Waals surface area (Å²) in [5.41, 5.74) is 2.54. The van der Waals surface area contributed by atoms with Crippen molar-refractivity contribution < 1.29 is 9.18 Å². The van der Waals surface area contributed by atoms with Crippen molar-refractivity contribution in [1.29, 1.82) is 0 Å². The van der Waals surface area contributed by atoms with Crippen LogP contribution in [0, 0.1) is 16.7 Å². The lowest BCUT2D eigenvalue weighted by Crippen LogP contribution is -2.22. The van der Waals surface area contributed by atoms with Gasteiger partial charge in [0.15, 0.2) is 8.29 Å². The number of benzene rings is 2. The second kappa shape index (κ2) is 8.11. The van der Waals surface area contributed by atoms with Crippen molar-refractivity contribution in [3.63, 3.8) is 0 Å². The van der Waals surface area contributed by atoms with Crippen molar-refractivity contribution in [3.05, 3.63) is 63.9 Å². The van der Waals surface area contributed by atoms with Crippen molar-refractivity contribution in [3.8, 4) is 5.69 Å². The van der Waals surface area contributed by atoms with Gasteiger partial charge < -0.3 is 5.32 Å². The molecule has 26 heavy (non-hydrogen) atoms. The predicted octanol–water partition coefficient (Wildman–Crippen LogP) is 5.23. The fourth-order valence-corrected chi connectivity index (χ4v) is 4.73. The Morgan fingerprint density at radius 2 is 2.04 bits per heavy atom. The van der Waals surface area contributed by atoms with Crippen molar-refractivity contribution in [2.24, 2.45) is 0 Å². The van der Waals surface area contributed by atoms with E-state index in [9.17, 15) is 9.18 Å². The molecular weight excluding hydrogens is 389 g/mol. The topological polar surface area (TPSA) is 46.9 Å². The molecule has 2 aromatic carbocycles. The molecule has 0 aliphatic carbocycles. The highest BCUT2D eigenvalue weighted by atomic mass is 32.2. The van der Waals surface area contributed by atoms with Gasteiger partial charge in [-0.3, -0.25) is 4.79 Å². The van der Waals surface area contributed by atoms with Crippen molar-refractivity contribution in [2.45, 2.75) is 23.4 Å². The summed E-state index contributed by atoms with van der Waals surface area (Å²) in [6.45, 7) is 3.80. The van der Waals surface area contributed by atoms with Crippen LogP contribution in [0.4, 0.5) is 10.1 Å². The third-order valence-corrected chi connectivity index (χ3v) is 5.95. The molecule has 0 spiro atoms. The van der Waals surface area contributed by atoms with Crippen LogP contribution in [0.2, 0.25) is 0 Å². The first-order chi connectivity index (χ1) is 12.4. The number of rotatable bonds is 5. The summed E-state index contributed by atoms with van der Waals surface area (Å²) in [6.07, 6.45) is 0. The van der Waals surface area contributed by atoms with Crippen molar-refractivity contribution in [1.82, 2.24) is 9.78 Å². The fraction of sp³-hybridized carbons (Fsp3) is 0.167. The number of nitrogens with zero attached hydrogens (tertiary/aromatic N) is 2. The van der Waals surface area contributed by atoms with E-state index in [-0.39, 0.29) is 17.0 Å². The Bertz CT molecular complexity index is 982. The summed E-state index contributed by atoms with van der Waals surface area (Å²) < 4.78 is 15.9. The quantitative estimate of drug-likeness (QED) is 0.466. The Morgan fingerprint density at radius 1 is 1.31 bits per heavy atom. The van der Waals surface area contributed by atoms with Crippen molar-refractivity contribution in [2.75, 3.05) is 5.32 Å². The Hall–Kier alpha value is -2.03. The van der Waals surface area contributed by atoms with E-state index >= 15 is 0 Å². The number of carbonyl (C=O) groups is 1. The Kier molecular flexibility index (Phi) is 5.85. The lowest BCUT2D eigenvalue weighted by atomic mass is 10.2. The van der Waals surface area contributed by atoms with E-state index in [1.54, 1.807) is 16.8 Å². The maximum absolute atomic E-state index is 13.1. The average Bonchev–Trinajstić information content (AvgIpc) is 2.96. The molecule has 8 heteroatoms. The van der Waals surface area contributed by atoms with Crippen LogP contribution < -0.4 is 5.32 Å². The molecule has 0 unspecified atom stereocenters. The van der Waals surface area contributed by atoms with Crippen LogP contribution in [0.25, 0.3) is 5.69 Å². The number of carbonyl (C=O) groups excluding carboxylic acids is 1. The number of aromatic nitrogens is 2. The molecule has 4 nitrogen and oxygen atoms in total. The van der Waals surface area contributed by atoms with Gasteiger partial charge in [0, 0.05) is 5.69 Å². The van der Waals surface area contributed by atoms with E-state index < -0.39 is 0 Å². The van der Waals surface area contributed by atoms with Gasteiger partial charge in [-0.2, -0.15) is 0 Å². The predicted molar refractivity (Wildman–Crippen MR) is 107 cm³/mol. The summed E-state index contributed by atoms with van der Waals surface area (Å²) in [7, 11) is 0. The zero-order valence-electron chi connectivity index (χ0n) is 14.1. The second-order valence-corrected chi connectivity index (χ2v) is 8.85. The highest BCUT2D eigenvalue weighted by molar-refractivity contribution is 8.02. The molecule has 0 bridgehead atoms. The molecule has 1 N–H and O–H groups in total. The maximum Gasteiger partial charge on any atom is 0.237 e. The first-order valence-corrected chi connectivity index (χ1v) is 9.93. The molecule has 0 fully saturated rings. The molecule has 1 heterocycles. The monoisotopic (exact) mass is 405 g/mol. The molecule has 3 aromatic rings. The summed E-state index contributed by atoms with van der Waals surface area (Å²) in [5.74, 6) is -0.415. The molecule has 0 radical (unpaired) electrons. The van der Waals surface area contributed by atoms with Crippen LogP contribution in [0.3, 0.4) is 0 Å². The normalized spacial score (nSPS) is 12.0. The van der Waals surface area contributed by atoms with Gasteiger partial charge in [-0.25, -0.2) is 9.07 Å². The molecule has 1 atom stereocenters. The summed E-state index contributed by atoms with van der Waals surface area (Å²) in [6, 6.07) is 13.6. The van der Waals surface area contributed by atoms with E-state index in [0.29, 0.717) is 14.0 Å². The number of anilines is 1. The molecule has 0 saturated carbocycles. The maximum atomic E-state index is 13.1. The van der Waals surface area contributed by atoms with E-state index in [2.05, 4.69) is 10.4 Å². The minimum Gasteiger partial charge on any atom is -0.325 e. The molecular formula is C18H16FN3OS3. The molecule has 0 aliphatic heterocycles. The van der Waals surface area contributed by atoms with Gasteiger partial charge in [0.2, 0.25) is 5.91 Å². The molecule has 1 aromatic heterocycles. The molecule has 134 valence electrons. The molecule has 0 aliphatic rings. The number of thioether (sulfide) groups is 1. The third kappa shape index (κ3) is 4.57. The highest BCUT2D eigenvalue weighted by Crippen LogP contribution is 2.28. The zero-order valence-corrected chi connectivity index (χ0v) is 16.6. The average molecular weight is 406 g/mol.